The van der Waals surface area contributed by atoms with Crippen LogP contribution in [0.2, 0.25) is 0 Å². The number of nitrogens with zero attached hydrogens (tertiary/aromatic N) is 1. The van der Waals surface area contributed by atoms with Crippen LogP contribution >= 0.6 is 0 Å². The van der Waals surface area contributed by atoms with Gasteiger partial charge in [0.25, 0.3) is 0 Å². The van der Waals surface area contributed by atoms with Crippen LogP contribution in [0.15, 0.2) is 70.9 Å². The molecule has 0 amide bonds. The molecule has 29 heavy (non-hydrogen) atoms. The summed E-state index contributed by atoms with van der Waals surface area (Å²) in [4.78, 5) is 40.9. The van der Waals surface area contributed by atoms with E-state index in [2.05, 4.69) is 10.3 Å². The van der Waals surface area contributed by atoms with E-state index in [1.54, 1.807) is 24.3 Å². The molecule has 1 unspecified atom stereocenters. The van der Waals surface area contributed by atoms with Crippen LogP contribution in [0, 0.1) is 0 Å². The molecule has 1 aliphatic heterocycles. The lowest BCUT2D eigenvalue weighted by molar-refractivity contribution is -0.136. The lowest BCUT2D eigenvalue weighted by atomic mass is 9.90. The van der Waals surface area contributed by atoms with Crippen molar-refractivity contribution in [1.82, 2.24) is 0 Å². The van der Waals surface area contributed by atoms with Gasteiger partial charge in [0.15, 0.2) is 5.78 Å². The monoisotopic (exact) mass is 390 g/mol. The minimum Gasteiger partial charge on any atom is -0.481 e. The van der Waals surface area contributed by atoms with E-state index in [0.717, 1.165) is 5.56 Å². The summed E-state index contributed by atoms with van der Waals surface area (Å²) in [6, 6.07) is 15.5. The molecular formula is C23H22N2O4. The number of anilines is 1. The average molecular weight is 390 g/mol. The van der Waals surface area contributed by atoms with Crippen LogP contribution < -0.4 is 5.32 Å². The van der Waals surface area contributed by atoms with Gasteiger partial charge in [0, 0.05) is 11.3 Å². The summed E-state index contributed by atoms with van der Waals surface area (Å²) in [5.41, 5.74) is 3.03. The van der Waals surface area contributed by atoms with Crippen LogP contribution in [-0.4, -0.2) is 34.4 Å². The highest BCUT2D eigenvalue weighted by molar-refractivity contribution is 6.34. The van der Waals surface area contributed by atoms with E-state index in [4.69, 9.17) is 5.11 Å². The Bertz CT molecular complexity index is 1000. The summed E-state index contributed by atoms with van der Waals surface area (Å²) in [6.45, 7) is 3.30. The Balaban J connectivity index is 2.04. The smallest absolute Gasteiger partial charge is 0.307 e. The molecule has 2 aromatic rings. The zero-order valence-electron chi connectivity index (χ0n) is 16.3. The number of allylic oxidation sites excluding steroid dienone is 1. The predicted octanol–water partition coefficient (Wildman–Crippen LogP) is 3.42. The average Bonchev–Trinajstić information content (AvgIpc) is 2.70. The third-order valence-electron chi connectivity index (χ3n) is 4.69. The second kappa shape index (κ2) is 8.65. The molecule has 1 aliphatic rings. The number of ketones is 2. The topological polar surface area (TPSA) is 95.8 Å². The molecule has 148 valence electrons. The number of benzene rings is 2. The highest BCUT2D eigenvalue weighted by Gasteiger charge is 2.33. The van der Waals surface area contributed by atoms with Crippen LogP contribution in [-0.2, 0) is 20.8 Å². The normalized spacial score (nSPS) is 16.4. The van der Waals surface area contributed by atoms with Gasteiger partial charge < -0.3 is 10.4 Å². The molecule has 6 nitrogen and oxygen atoms in total. The maximum atomic E-state index is 13.0. The molecule has 2 N–H and O–H groups in total. The number of rotatable bonds is 7. The molecule has 1 heterocycles. The van der Waals surface area contributed by atoms with E-state index < -0.39 is 12.0 Å². The predicted molar refractivity (Wildman–Crippen MR) is 111 cm³/mol. The zero-order chi connectivity index (χ0) is 21.0. The number of dihydropyridines is 1. The van der Waals surface area contributed by atoms with Gasteiger partial charge in [-0.05, 0) is 31.0 Å². The highest BCUT2D eigenvalue weighted by atomic mass is 16.4. The first kappa shape index (κ1) is 20.2. The van der Waals surface area contributed by atoms with Crippen molar-refractivity contribution in [2.24, 2.45) is 4.99 Å². The SMILES string of the molecule is CCC1N=C(c2ccccc2)C(C(C)=O)=C(Nc2ccc(CC(=O)O)cc2)C1=O. The summed E-state index contributed by atoms with van der Waals surface area (Å²) in [5, 5.41) is 12.0. The number of hydrogen-bond acceptors (Lipinski definition) is 5. The van der Waals surface area contributed by atoms with Gasteiger partial charge in [-0.2, -0.15) is 0 Å². The van der Waals surface area contributed by atoms with Crippen molar-refractivity contribution in [3.63, 3.8) is 0 Å². The largest absolute Gasteiger partial charge is 0.481 e. The van der Waals surface area contributed by atoms with Gasteiger partial charge >= 0.3 is 5.97 Å². The summed E-state index contributed by atoms with van der Waals surface area (Å²) in [7, 11) is 0. The van der Waals surface area contributed by atoms with Gasteiger partial charge in [-0.3, -0.25) is 19.4 Å². The first-order chi connectivity index (χ1) is 13.9. The third kappa shape index (κ3) is 4.48. The van der Waals surface area contributed by atoms with Gasteiger partial charge in [0.05, 0.1) is 23.4 Å². The molecule has 0 aliphatic carbocycles. The number of carboxylic acid groups (broad SMARTS) is 1. The summed E-state index contributed by atoms with van der Waals surface area (Å²) in [6.07, 6.45) is 0.437. The summed E-state index contributed by atoms with van der Waals surface area (Å²) < 4.78 is 0. The Hall–Kier alpha value is -3.54. The van der Waals surface area contributed by atoms with Crippen molar-refractivity contribution < 1.29 is 19.5 Å². The fraction of sp³-hybridized carbons (Fsp3) is 0.217. The Kier molecular flexibility index (Phi) is 6.02. The van der Waals surface area contributed by atoms with Crippen molar-refractivity contribution in [2.75, 3.05) is 5.32 Å². The van der Waals surface area contributed by atoms with E-state index in [9.17, 15) is 14.4 Å². The van der Waals surface area contributed by atoms with Crippen LogP contribution in [0.3, 0.4) is 0 Å². The lowest BCUT2D eigenvalue weighted by Crippen LogP contribution is -2.34. The fourth-order valence-corrected chi connectivity index (χ4v) is 3.27. The fourth-order valence-electron chi connectivity index (χ4n) is 3.27. The van der Waals surface area contributed by atoms with Gasteiger partial charge in [-0.15, -0.1) is 0 Å². The van der Waals surface area contributed by atoms with Gasteiger partial charge in [0.2, 0.25) is 5.78 Å². The van der Waals surface area contributed by atoms with Gasteiger partial charge in [0.1, 0.15) is 6.04 Å². The van der Waals surface area contributed by atoms with E-state index in [0.29, 0.717) is 23.4 Å². The van der Waals surface area contributed by atoms with Crippen LogP contribution in [0.1, 0.15) is 31.4 Å². The Morgan fingerprint density at radius 1 is 1.07 bits per heavy atom. The number of Topliss-reactive ketones (excluding diaryl/α,β-unsaturated/α-hetero) is 2. The van der Waals surface area contributed by atoms with Gasteiger partial charge in [-0.25, -0.2) is 0 Å². The maximum absolute atomic E-state index is 13.0. The van der Waals surface area contributed by atoms with Crippen LogP contribution in [0.5, 0.6) is 0 Å². The number of carbonyl (C=O) groups excluding carboxylic acids is 2. The van der Waals surface area contributed by atoms with Gasteiger partial charge in [-0.1, -0.05) is 49.4 Å². The Morgan fingerprint density at radius 2 is 1.72 bits per heavy atom. The zero-order valence-corrected chi connectivity index (χ0v) is 16.3. The van der Waals surface area contributed by atoms with Crippen molar-refractivity contribution in [2.45, 2.75) is 32.7 Å². The molecular weight excluding hydrogens is 368 g/mol. The molecule has 0 spiro atoms. The summed E-state index contributed by atoms with van der Waals surface area (Å²) >= 11 is 0. The molecule has 0 saturated heterocycles. The molecule has 0 radical (unpaired) electrons. The second-order valence-corrected chi connectivity index (χ2v) is 6.83. The number of nitrogens with one attached hydrogen (secondary N) is 1. The van der Waals surface area contributed by atoms with Crippen molar-refractivity contribution in [3.05, 3.63) is 77.0 Å². The first-order valence-corrected chi connectivity index (χ1v) is 9.41. The molecule has 3 rings (SSSR count). The number of aliphatic imine (C=N–C) groups is 1. The lowest BCUT2D eigenvalue weighted by Gasteiger charge is -2.25. The molecule has 0 aromatic heterocycles. The van der Waals surface area contributed by atoms with E-state index in [1.807, 2.05) is 37.3 Å². The van der Waals surface area contributed by atoms with Crippen LogP contribution in [0.4, 0.5) is 5.69 Å². The quantitative estimate of drug-likeness (QED) is 0.755. The number of carbonyl (C=O) groups is 3. The van der Waals surface area contributed by atoms with Crippen molar-refractivity contribution in [1.29, 1.82) is 0 Å². The Morgan fingerprint density at radius 3 is 2.28 bits per heavy atom. The first-order valence-electron chi connectivity index (χ1n) is 9.41. The number of aliphatic carboxylic acids is 1. The molecule has 2 aromatic carbocycles. The van der Waals surface area contributed by atoms with Crippen molar-refractivity contribution >= 4 is 28.9 Å². The molecule has 1 atom stereocenters. The standard InChI is InChI=1S/C23H22N2O4/c1-3-18-23(29)22(24-17-11-9-15(10-12-17)13-19(27)28)20(14(2)26)21(25-18)16-7-5-4-6-8-16/h4-12,18,24H,3,13H2,1-2H3,(H,27,28). The molecule has 0 bridgehead atoms. The maximum Gasteiger partial charge on any atom is 0.307 e. The van der Waals surface area contributed by atoms with Crippen molar-refractivity contribution in [3.8, 4) is 0 Å². The van der Waals surface area contributed by atoms with E-state index >= 15 is 0 Å². The molecule has 6 heteroatoms. The third-order valence-corrected chi connectivity index (χ3v) is 4.69. The van der Waals surface area contributed by atoms with E-state index in [-0.39, 0.29) is 29.3 Å². The second-order valence-electron chi connectivity index (χ2n) is 6.83. The summed E-state index contributed by atoms with van der Waals surface area (Å²) in [5.74, 6) is -1.39. The minimum atomic E-state index is -0.913. The highest BCUT2D eigenvalue weighted by Crippen LogP contribution is 2.26. The number of carboxylic acids is 1. The molecule has 0 fully saturated rings. The number of hydrogen-bond donors (Lipinski definition) is 2. The minimum absolute atomic E-state index is 0.0800. The van der Waals surface area contributed by atoms with Crippen LogP contribution in [0.25, 0.3) is 0 Å². The Labute approximate surface area is 169 Å². The molecule has 0 saturated carbocycles. The van der Waals surface area contributed by atoms with E-state index in [1.165, 1.54) is 6.92 Å².